The summed E-state index contributed by atoms with van der Waals surface area (Å²) in [4.78, 5) is 16.8. The second kappa shape index (κ2) is 5.36. The van der Waals surface area contributed by atoms with Crippen LogP contribution in [0.15, 0.2) is 5.16 Å². The van der Waals surface area contributed by atoms with Crippen LogP contribution in [0.25, 0.3) is 0 Å². The number of rotatable bonds is 3. The molecule has 0 spiro atoms. The van der Waals surface area contributed by atoms with Gasteiger partial charge < -0.3 is 20.7 Å². The molecule has 1 amide bonds. The molecule has 6 heteroatoms. The van der Waals surface area contributed by atoms with E-state index in [4.69, 9.17) is 10.9 Å². The largest absolute Gasteiger partial charge is 0.409 e. The first-order chi connectivity index (χ1) is 9.01. The van der Waals surface area contributed by atoms with Crippen LogP contribution in [0, 0.1) is 5.41 Å². The normalized spacial score (nSPS) is 27.2. The van der Waals surface area contributed by atoms with E-state index in [0.717, 1.165) is 32.4 Å². The zero-order chi connectivity index (χ0) is 14.0. The van der Waals surface area contributed by atoms with Gasteiger partial charge in [-0.1, -0.05) is 18.0 Å². The fraction of sp³-hybridized carbons (Fsp3) is 0.846. The summed E-state index contributed by atoms with van der Waals surface area (Å²) in [7, 11) is 4.07. The third kappa shape index (κ3) is 2.41. The van der Waals surface area contributed by atoms with E-state index in [9.17, 15) is 4.79 Å². The monoisotopic (exact) mass is 268 g/mol. The van der Waals surface area contributed by atoms with Gasteiger partial charge >= 0.3 is 0 Å². The topological polar surface area (TPSA) is 82.2 Å². The fourth-order valence-corrected chi connectivity index (χ4v) is 3.30. The number of oxime groups is 1. The molecule has 1 unspecified atom stereocenters. The Morgan fingerprint density at radius 3 is 2.53 bits per heavy atom. The molecule has 1 saturated carbocycles. The Labute approximate surface area is 114 Å². The molecule has 108 valence electrons. The molecule has 0 radical (unpaired) electrons. The Morgan fingerprint density at radius 1 is 1.42 bits per heavy atom. The van der Waals surface area contributed by atoms with Gasteiger partial charge in [-0.15, -0.1) is 0 Å². The number of nitrogens with two attached hydrogens (primary N) is 1. The van der Waals surface area contributed by atoms with Crippen molar-refractivity contribution in [3.05, 3.63) is 0 Å². The lowest BCUT2D eigenvalue weighted by Crippen LogP contribution is -2.50. The molecule has 1 aliphatic carbocycles. The Hall–Kier alpha value is -1.30. The minimum atomic E-state index is -0.754. The van der Waals surface area contributed by atoms with Crippen molar-refractivity contribution in [2.75, 3.05) is 27.2 Å². The molecule has 0 aromatic rings. The summed E-state index contributed by atoms with van der Waals surface area (Å²) in [6, 6.07) is 0.412. The van der Waals surface area contributed by atoms with Gasteiger partial charge in [-0.2, -0.15) is 0 Å². The highest BCUT2D eigenvalue weighted by atomic mass is 16.4. The predicted molar refractivity (Wildman–Crippen MR) is 73.0 cm³/mol. The third-order valence-electron chi connectivity index (χ3n) is 4.65. The van der Waals surface area contributed by atoms with Crippen molar-refractivity contribution in [3.63, 3.8) is 0 Å². The van der Waals surface area contributed by atoms with E-state index in [2.05, 4.69) is 10.1 Å². The lowest BCUT2D eigenvalue weighted by Gasteiger charge is -2.31. The molecule has 2 rings (SSSR count). The highest BCUT2D eigenvalue weighted by Crippen LogP contribution is 2.40. The number of hydrogen-bond donors (Lipinski definition) is 2. The van der Waals surface area contributed by atoms with Crippen LogP contribution in [0.1, 0.15) is 32.1 Å². The first-order valence-electron chi connectivity index (χ1n) is 6.95. The van der Waals surface area contributed by atoms with Crippen LogP contribution in [0.3, 0.4) is 0 Å². The number of carbonyl (C=O) groups is 1. The first-order valence-corrected chi connectivity index (χ1v) is 6.95. The number of nitrogens with zero attached hydrogens (tertiary/aromatic N) is 3. The molecule has 0 aromatic carbocycles. The molecule has 0 aromatic heterocycles. The van der Waals surface area contributed by atoms with Gasteiger partial charge in [0.25, 0.3) is 0 Å². The summed E-state index contributed by atoms with van der Waals surface area (Å²) in [6.45, 7) is 1.51. The van der Waals surface area contributed by atoms with Crippen LogP contribution in [-0.2, 0) is 4.79 Å². The van der Waals surface area contributed by atoms with Crippen LogP contribution in [0.5, 0.6) is 0 Å². The maximum Gasteiger partial charge on any atom is 0.236 e. The molecule has 6 nitrogen and oxygen atoms in total. The second-order valence-corrected chi connectivity index (χ2v) is 5.93. The zero-order valence-corrected chi connectivity index (χ0v) is 11.8. The van der Waals surface area contributed by atoms with Crippen LogP contribution in [0.4, 0.5) is 0 Å². The van der Waals surface area contributed by atoms with E-state index in [0.29, 0.717) is 18.9 Å². The SMILES string of the molecule is CN(C)C1CCN(C(=O)C2(C(N)=NO)CCCC2)C1. The summed E-state index contributed by atoms with van der Waals surface area (Å²) in [5.41, 5.74) is 5.06. The molecule has 1 aliphatic heterocycles. The first kappa shape index (κ1) is 14.1. The van der Waals surface area contributed by atoms with Gasteiger partial charge in [0, 0.05) is 19.1 Å². The minimum Gasteiger partial charge on any atom is -0.409 e. The van der Waals surface area contributed by atoms with E-state index >= 15 is 0 Å². The maximum absolute atomic E-state index is 12.8. The van der Waals surface area contributed by atoms with Gasteiger partial charge in [0.15, 0.2) is 5.84 Å². The van der Waals surface area contributed by atoms with Crippen molar-refractivity contribution in [2.24, 2.45) is 16.3 Å². The molecule has 3 N–H and O–H groups in total. The standard InChI is InChI=1S/C13H24N4O2/c1-16(2)10-5-8-17(9-10)12(18)13(11(14)15-19)6-3-4-7-13/h10,19H,3-9H2,1-2H3,(H2,14,15). The summed E-state index contributed by atoms with van der Waals surface area (Å²) >= 11 is 0. The summed E-state index contributed by atoms with van der Waals surface area (Å²) in [5, 5.41) is 12.1. The van der Waals surface area contributed by atoms with Crippen molar-refractivity contribution in [1.82, 2.24) is 9.80 Å². The van der Waals surface area contributed by atoms with E-state index in [1.54, 1.807) is 0 Å². The lowest BCUT2D eigenvalue weighted by molar-refractivity contribution is -0.137. The van der Waals surface area contributed by atoms with Crippen LogP contribution < -0.4 is 5.73 Å². The molecule has 0 bridgehead atoms. The van der Waals surface area contributed by atoms with Crippen molar-refractivity contribution >= 4 is 11.7 Å². The molecule has 2 aliphatic rings. The van der Waals surface area contributed by atoms with Gasteiger partial charge in [-0.05, 0) is 33.4 Å². The Bertz CT molecular complexity index is 375. The molecule has 19 heavy (non-hydrogen) atoms. The Morgan fingerprint density at radius 2 is 2.05 bits per heavy atom. The van der Waals surface area contributed by atoms with Crippen molar-refractivity contribution in [1.29, 1.82) is 0 Å². The molecule has 1 saturated heterocycles. The van der Waals surface area contributed by atoms with E-state index < -0.39 is 5.41 Å². The number of carbonyl (C=O) groups excluding carboxylic acids is 1. The zero-order valence-electron chi connectivity index (χ0n) is 11.8. The highest BCUT2D eigenvalue weighted by molar-refractivity contribution is 6.07. The summed E-state index contributed by atoms with van der Waals surface area (Å²) in [5.74, 6) is 0.132. The molecular weight excluding hydrogens is 244 g/mol. The summed E-state index contributed by atoms with van der Waals surface area (Å²) < 4.78 is 0. The van der Waals surface area contributed by atoms with Crippen LogP contribution >= 0.6 is 0 Å². The van der Waals surface area contributed by atoms with Crippen LogP contribution in [-0.4, -0.2) is 60.0 Å². The average Bonchev–Trinajstić information content (AvgIpc) is 3.06. The van der Waals surface area contributed by atoms with Crippen molar-refractivity contribution in [2.45, 2.75) is 38.1 Å². The van der Waals surface area contributed by atoms with Crippen molar-refractivity contribution < 1.29 is 10.0 Å². The number of likely N-dealkylation sites (tertiary alicyclic amines) is 1. The fourth-order valence-electron chi connectivity index (χ4n) is 3.30. The average molecular weight is 268 g/mol. The molecule has 2 fully saturated rings. The number of likely N-dealkylation sites (N-methyl/N-ethyl adjacent to an activating group) is 1. The molecule has 1 atom stereocenters. The number of amidine groups is 1. The lowest BCUT2D eigenvalue weighted by atomic mass is 9.83. The van der Waals surface area contributed by atoms with E-state index in [1.807, 2.05) is 19.0 Å². The maximum atomic E-state index is 12.8. The van der Waals surface area contributed by atoms with Gasteiger partial charge in [0.2, 0.25) is 5.91 Å². The smallest absolute Gasteiger partial charge is 0.236 e. The molecular formula is C13H24N4O2. The molecule has 1 heterocycles. The summed E-state index contributed by atoms with van der Waals surface area (Å²) in [6.07, 6.45) is 4.32. The van der Waals surface area contributed by atoms with E-state index in [-0.39, 0.29) is 11.7 Å². The highest BCUT2D eigenvalue weighted by Gasteiger charge is 2.48. The quantitative estimate of drug-likeness (QED) is 0.337. The van der Waals surface area contributed by atoms with Gasteiger partial charge in [0.1, 0.15) is 5.41 Å². The third-order valence-corrected chi connectivity index (χ3v) is 4.65. The number of amides is 1. The van der Waals surface area contributed by atoms with Crippen LogP contribution in [0.2, 0.25) is 0 Å². The van der Waals surface area contributed by atoms with E-state index in [1.165, 1.54) is 0 Å². The van der Waals surface area contributed by atoms with Gasteiger partial charge in [-0.3, -0.25) is 4.79 Å². The van der Waals surface area contributed by atoms with Gasteiger partial charge in [0.05, 0.1) is 0 Å². The number of hydrogen-bond acceptors (Lipinski definition) is 4. The van der Waals surface area contributed by atoms with Gasteiger partial charge in [-0.25, -0.2) is 0 Å². The Kier molecular flexibility index (Phi) is 3.99. The second-order valence-electron chi connectivity index (χ2n) is 5.93. The minimum absolute atomic E-state index is 0.0460. The Balaban J connectivity index is 2.14. The predicted octanol–water partition coefficient (Wildman–Crippen LogP) is 0.456. The van der Waals surface area contributed by atoms with Crippen molar-refractivity contribution in [3.8, 4) is 0 Å².